The fraction of sp³-hybridized carbons (Fsp3) is 0.462. The van der Waals surface area contributed by atoms with E-state index in [1.165, 1.54) is 0 Å². The van der Waals surface area contributed by atoms with Crippen molar-refractivity contribution in [3.05, 3.63) is 23.8 Å². The predicted octanol–water partition coefficient (Wildman–Crippen LogP) is 1.61. The summed E-state index contributed by atoms with van der Waals surface area (Å²) in [5.74, 6) is 0. The Morgan fingerprint density at radius 2 is 2.17 bits per heavy atom. The lowest BCUT2D eigenvalue weighted by Gasteiger charge is -2.09. The number of nitrogens with one attached hydrogen (secondary N) is 1. The highest BCUT2D eigenvalue weighted by Gasteiger charge is 2.01. The van der Waals surface area contributed by atoms with Gasteiger partial charge < -0.3 is 20.5 Å². The van der Waals surface area contributed by atoms with Gasteiger partial charge in [0.1, 0.15) is 6.07 Å². The summed E-state index contributed by atoms with van der Waals surface area (Å²) in [4.78, 5) is 0. The molecule has 98 valence electrons. The third-order valence-corrected chi connectivity index (χ3v) is 2.38. The van der Waals surface area contributed by atoms with E-state index in [-0.39, 0.29) is 0 Å². The molecule has 0 heterocycles. The molecule has 0 unspecified atom stereocenters. The molecule has 0 radical (unpaired) electrons. The van der Waals surface area contributed by atoms with Gasteiger partial charge >= 0.3 is 0 Å². The van der Waals surface area contributed by atoms with E-state index in [0.717, 1.165) is 18.7 Å². The van der Waals surface area contributed by atoms with Crippen LogP contribution >= 0.6 is 0 Å². The Hall–Kier alpha value is -1.77. The van der Waals surface area contributed by atoms with Crippen molar-refractivity contribution in [2.75, 3.05) is 44.5 Å². The second-order valence-corrected chi connectivity index (χ2v) is 3.80. The molecule has 0 amide bonds. The highest BCUT2D eigenvalue weighted by molar-refractivity contribution is 5.62. The Morgan fingerprint density at radius 3 is 2.89 bits per heavy atom. The van der Waals surface area contributed by atoms with Crippen LogP contribution in [-0.4, -0.2) is 33.5 Å². The molecular weight excluding hydrogens is 230 g/mol. The number of nitrogen functional groups attached to an aromatic ring is 1. The number of hydrogen-bond acceptors (Lipinski definition) is 5. The maximum atomic E-state index is 8.96. The number of benzene rings is 1. The molecule has 0 saturated heterocycles. The van der Waals surface area contributed by atoms with Gasteiger partial charge in [0.25, 0.3) is 0 Å². The number of ether oxygens (including phenoxy) is 2. The average molecular weight is 249 g/mol. The van der Waals surface area contributed by atoms with E-state index in [1.807, 2.05) is 6.07 Å². The first-order chi connectivity index (χ1) is 8.77. The van der Waals surface area contributed by atoms with E-state index in [1.54, 1.807) is 19.2 Å². The number of nitrogens with zero attached hydrogens (tertiary/aromatic N) is 1. The second kappa shape index (κ2) is 8.34. The molecule has 0 aliphatic heterocycles. The number of anilines is 2. The number of nitrogens with two attached hydrogens (primary N) is 1. The molecule has 0 spiro atoms. The first-order valence-electron chi connectivity index (χ1n) is 5.88. The average Bonchev–Trinajstić information content (AvgIpc) is 2.39. The Morgan fingerprint density at radius 1 is 1.33 bits per heavy atom. The molecule has 0 atom stereocenters. The summed E-state index contributed by atoms with van der Waals surface area (Å²) in [6.07, 6.45) is 0.874. The summed E-state index contributed by atoms with van der Waals surface area (Å²) in [6.45, 7) is 2.66. The minimum Gasteiger partial charge on any atom is -0.399 e. The van der Waals surface area contributed by atoms with E-state index in [2.05, 4.69) is 11.4 Å². The van der Waals surface area contributed by atoms with Crippen molar-refractivity contribution in [2.24, 2.45) is 0 Å². The van der Waals surface area contributed by atoms with Gasteiger partial charge in [-0.2, -0.15) is 5.26 Å². The third-order valence-electron chi connectivity index (χ3n) is 2.38. The van der Waals surface area contributed by atoms with E-state index < -0.39 is 0 Å². The Kier molecular flexibility index (Phi) is 6.62. The van der Waals surface area contributed by atoms with E-state index in [4.69, 9.17) is 20.5 Å². The molecule has 0 fully saturated rings. The third kappa shape index (κ3) is 5.04. The maximum Gasteiger partial charge on any atom is 0.101 e. The molecular formula is C13H19N3O2. The van der Waals surface area contributed by atoms with E-state index in [0.29, 0.717) is 31.1 Å². The Balaban J connectivity index is 2.25. The number of methoxy groups -OCH3 is 1. The summed E-state index contributed by atoms with van der Waals surface area (Å²) in [7, 11) is 1.65. The fourth-order valence-corrected chi connectivity index (χ4v) is 1.45. The van der Waals surface area contributed by atoms with Gasteiger partial charge in [-0.25, -0.2) is 0 Å². The molecule has 5 nitrogen and oxygen atoms in total. The Labute approximate surface area is 107 Å². The molecule has 3 N–H and O–H groups in total. The molecule has 18 heavy (non-hydrogen) atoms. The van der Waals surface area contributed by atoms with Crippen LogP contribution in [0.25, 0.3) is 0 Å². The van der Waals surface area contributed by atoms with E-state index in [9.17, 15) is 0 Å². The molecule has 1 aromatic carbocycles. The van der Waals surface area contributed by atoms with Gasteiger partial charge in [-0.1, -0.05) is 0 Å². The highest BCUT2D eigenvalue weighted by Crippen LogP contribution is 2.17. The van der Waals surface area contributed by atoms with Gasteiger partial charge in [-0.3, -0.25) is 0 Å². The van der Waals surface area contributed by atoms with Crippen molar-refractivity contribution in [1.29, 1.82) is 5.26 Å². The van der Waals surface area contributed by atoms with Crippen molar-refractivity contribution in [2.45, 2.75) is 6.42 Å². The topological polar surface area (TPSA) is 80.3 Å². The van der Waals surface area contributed by atoms with Crippen LogP contribution in [0, 0.1) is 11.3 Å². The quantitative estimate of drug-likeness (QED) is 0.540. The fourth-order valence-electron chi connectivity index (χ4n) is 1.45. The molecule has 0 aliphatic carbocycles. The zero-order valence-corrected chi connectivity index (χ0v) is 10.6. The molecule has 0 saturated carbocycles. The summed E-state index contributed by atoms with van der Waals surface area (Å²) in [6, 6.07) is 7.37. The SMILES string of the molecule is COCCOCCCNc1ccc(N)cc1C#N. The van der Waals surface area contributed by atoms with Crippen LogP contribution in [0.15, 0.2) is 18.2 Å². The number of hydrogen-bond donors (Lipinski definition) is 2. The molecule has 0 aromatic heterocycles. The summed E-state index contributed by atoms with van der Waals surface area (Å²) in [5.41, 5.74) is 7.59. The predicted molar refractivity (Wildman–Crippen MR) is 71.4 cm³/mol. The minimum atomic E-state index is 0.565. The normalized spacial score (nSPS) is 10.0. The first-order valence-corrected chi connectivity index (χ1v) is 5.88. The van der Waals surface area contributed by atoms with Gasteiger partial charge in [0, 0.05) is 25.9 Å². The van der Waals surface area contributed by atoms with Crippen LogP contribution in [0.2, 0.25) is 0 Å². The highest BCUT2D eigenvalue weighted by atomic mass is 16.5. The lowest BCUT2D eigenvalue weighted by Crippen LogP contribution is -2.09. The first kappa shape index (κ1) is 14.3. The van der Waals surface area contributed by atoms with Crippen molar-refractivity contribution in [3.8, 4) is 6.07 Å². The molecule has 0 bridgehead atoms. The largest absolute Gasteiger partial charge is 0.399 e. The lowest BCUT2D eigenvalue weighted by atomic mass is 10.1. The zero-order chi connectivity index (χ0) is 13.2. The van der Waals surface area contributed by atoms with Gasteiger partial charge in [-0.15, -0.1) is 0 Å². The zero-order valence-electron chi connectivity index (χ0n) is 10.6. The summed E-state index contributed by atoms with van der Waals surface area (Å²) < 4.78 is 10.2. The van der Waals surface area contributed by atoms with Crippen LogP contribution in [0.1, 0.15) is 12.0 Å². The van der Waals surface area contributed by atoms with Gasteiger partial charge in [0.2, 0.25) is 0 Å². The minimum absolute atomic E-state index is 0.565. The molecule has 5 heteroatoms. The van der Waals surface area contributed by atoms with Gasteiger partial charge in [0.05, 0.1) is 24.5 Å². The summed E-state index contributed by atoms with van der Waals surface area (Å²) in [5, 5.41) is 12.2. The second-order valence-electron chi connectivity index (χ2n) is 3.80. The Bertz CT molecular complexity index is 402. The summed E-state index contributed by atoms with van der Waals surface area (Å²) >= 11 is 0. The molecule has 0 aliphatic rings. The van der Waals surface area contributed by atoms with Gasteiger partial charge in [0.15, 0.2) is 0 Å². The molecule has 1 rings (SSSR count). The van der Waals surface area contributed by atoms with Crippen molar-refractivity contribution in [3.63, 3.8) is 0 Å². The van der Waals surface area contributed by atoms with Gasteiger partial charge in [-0.05, 0) is 24.6 Å². The van der Waals surface area contributed by atoms with Crippen LogP contribution < -0.4 is 11.1 Å². The van der Waals surface area contributed by atoms with Crippen LogP contribution in [0.5, 0.6) is 0 Å². The van der Waals surface area contributed by atoms with Crippen molar-refractivity contribution in [1.82, 2.24) is 0 Å². The van der Waals surface area contributed by atoms with E-state index >= 15 is 0 Å². The van der Waals surface area contributed by atoms with Crippen LogP contribution in [0.3, 0.4) is 0 Å². The maximum absolute atomic E-state index is 8.96. The van der Waals surface area contributed by atoms with Crippen molar-refractivity contribution >= 4 is 11.4 Å². The molecule has 1 aromatic rings. The van der Waals surface area contributed by atoms with Crippen LogP contribution in [-0.2, 0) is 9.47 Å². The monoisotopic (exact) mass is 249 g/mol. The smallest absolute Gasteiger partial charge is 0.101 e. The number of nitriles is 1. The number of rotatable bonds is 8. The lowest BCUT2D eigenvalue weighted by molar-refractivity contribution is 0.0705. The van der Waals surface area contributed by atoms with Crippen LogP contribution in [0.4, 0.5) is 11.4 Å². The van der Waals surface area contributed by atoms with Crippen molar-refractivity contribution < 1.29 is 9.47 Å². The standard InChI is InChI=1S/C13H19N3O2/c1-17-7-8-18-6-2-5-16-13-4-3-12(15)9-11(13)10-14/h3-4,9,16H,2,5-8,15H2,1H3.